The van der Waals surface area contributed by atoms with Crippen LogP contribution in [0.25, 0.3) is 0 Å². The number of ether oxygens (including phenoxy) is 1. The smallest absolute Gasteiger partial charge is 0.331 e. The molecule has 0 saturated carbocycles. The second-order valence-corrected chi connectivity index (χ2v) is 11.4. The van der Waals surface area contributed by atoms with E-state index in [1.54, 1.807) is 30.4 Å². The van der Waals surface area contributed by atoms with Gasteiger partial charge in [0.25, 0.3) is 0 Å². The zero-order chi connectivity index (χ0) is 28.8. The predicted octanol–water partition coefficient (Wildman–Crippen LogP) is 5.14. The highest BCUT2D eigenvalue weighted by atomic mass is 16.5. The van der Waals surface area contributed by atoms with Crippen LogP contribution in [-0.2, 0) is 9.53 Å². The summed E-state index contributed by atoms with van der Waals surface area (Å²) in [5, 5.41) is 42.7. The van der Waals surface area contributed by atoms with Crippen molar-refractivity contribution >= 4 is 5.97 Å². The molecule has 4 N–H and O–H groups in total. The van der Waals surface area contributed by atoms with E-state index in [1.165, 1.54) is 6.08 Å². The standard InChI is InChI=1S/C32H52O6/c1-8-9-12-24(5)32-26(7)28(34)18-15-21(2)19-25(6)31(37)23(4)16-17-27(33)20-29(35)22(3)13-10-11-14-30(36)38-32/h8-14,16-17,21-29,31-35,37H,1,15,18-20H2,2-7H3/b12-9+,13-10+,14-11-,17-16?/t21-,22+,23-,24-,25-,26-,27+,28+,29-,31-,32-/m0/s1. The van der Waals surface area contributed by atoms with Gasteiger partial charge >= 0.3 is 5.97 Å². The van der Waals surface area contributed by atoms with Gasteiger partial charge < -0.3 is 25.2 Å². The van der Waals surface area contributed by atoms with E-state index in [0.29, 0.717) is 6.42 Å². The summed E-state index contributed by atoms with van der Waals surface area (Å²) in [6.07, 6.45) is 14.2. The maximum atomic E-state index is 12.6. The third kappa shape index (κ3) is 12.2. The second kappa shape index (κ2) is 17.6. The highest BCUT2D eigenvalue weighted by Gasteiger charge is 2.31. The van der Waals surface area contributed by atoms with Gasteiger partial charge in [-0.1, -0.05) is 96.7 Å². The maximum absolute atomic E-state index is 12.6. The Labute approximate surface area is 230 Å². The summed E-state index contributed by atoms with van der Waals surface area (Å²) in [6, 6.07) is 0. The molecule has 0 aromatic carbocycles. The van der Waals surface area contributed by atoms with Crippen molar-refractivity contribution in [2.24, 2.45) is 35.5 Å². The molecule has 0 saturated heterocycles. The fourth-order valence-electron chi connectivity index (χ4n) is 5.04. The fraction of sp³-hybridized carbons (Fsp3) is 0.656. The first-order valence-electron chi connectivity index (χ1n) is 14.1. The number of rotatable bonds is 3. The van der Waals surface area contributed by atoms with Gasteiger partial charge in [0.15, 0.2) is 0 Å². The highest BCUT2D eigenvalue weighted by molar-refractivity contribution is 5.82. The molecule has 1 heterocycles. The van der Waals surface area contributed by atoms with E-state index in [9.17, 15) is 25.2 Å². The molecule has 0 bridgehead atoms. The van der Waals surface area contributed by atoms with Crippen LogP contribution in [0.3, 0.4) is 0 Å². The molecule has 0 aromatic heterocycles. The molecule has 0 aromatic rings. The summed E-state index contributed by atoms with van der Waals surface area (Å²) in [7, 11) is 0. The number of carbonyl (C=O) groups excluding carboxylic acids is 1. The molecule has 0 amide bonds. The molecule has 38 heavy (non-hydrogen) atoms. The van der Waals surface area contributed by atoms with E-state index in [0.717, 1.165) is 12.8 Å². The van der Waals surface area contributed by atoms with Gasteiger partial charge in [-0.3, -0.25) is 0 Å². The van der Waals surface area contributed by atoms with Gasteiger partial charge in [-0.25, -0.2) is 4.79 Å². The number of carbonyl (C=O) groups is 1. The van der Waals surface area contributed by atoms with Crippen LogP contribution >= 0.6 is 0 Å². The van der Waals surface area contributed by atoms with E-state index < -0.39 is 36.5 Å². The number of hydrogen-bond acceptors (Lipinski definition) is 6. The average Bonchev–Trinajstić information content (AvgIpc) is 2.88. The lowest BCUT2D eigenvalue weighted by Crippen LogP contribution is -2.37. The first-order valence-corrected chi connectivity index (χ1v) is 14.1. The van der Waals surface area contributed by atoms with E-state index in [1.807, 2.05) is 52.8 Å². The summed E-state index contributed by atoms with van der Waals surface area (Å²) in [5.41, 5.74) is 0. The molecule has 216 valence electrons. The third-order valence-corrected chi connectivity index (χ3v) is 7.78. The lowest BCUT2D eigenvalue weighted by Gasteiger charge is -2.31. The van der Waals surface area contributed by atoms with Gasteiger partial charge in [-0.2, -0.15) is 0 Å². The third-order valence-electron chi connectivity index (χ3n) is 7.78. The fourth-order valence-corrected chi connectivity index (χ4v) is 5.04. The largest absolute Gasteiger partial charge is 0.458 e. The lowest BCUT2D eigenvalue weighted by molar-refractivity contribution is -0.150. The maximum Gasteiger partial charge on any atom is 0.331 e. The van der Waals surface area contributed by atoms with E-state index in [2.05, 4.69) is 13.5 Å². The van der Waals surface area contributed by atoms with Crippen molar-refractivity contribution in [1.29, 1.82) is 0 Å². The van der Waals surface area contributed by atoms with Crippen LogP contribution in [0, 0.1) is 35.5 Å². The number of allylic oxidation sites excluding steroid dienone is 4. The number of hydrogen-bond donors (Lipinski definition) is 4. The van der Waals surface area contributed by atoms with E-state index in [4.69, 9.17) is 4.74 Å². The number of cyclic esters (lactones) is 1. The molecule has 1 aliphatic rings. The minimum Gasteiger partial charge on any atom is -0.458 e. The molecule has 0 fully saturated rings. The van der Waals surface area contributed by atoms with Crippen LogP contribution in [0.2, 0.25) is 0 Å². The summed E-state index contributed by atoms with van der Waals surface area (Å²) >= 11 is 0. The minimum absolute atomic E-state index is 0.0366. The molecule has 0 radical (unpaired) electrons. The molecule has 6 nitrogen and oxygen atoms in total. The first-order chi connectivity index (χ1) is 17.9. The number of aliphatic hydroxyl groups is 4. The van der Waals surface area contributed by atoms with Crippen molar-refractivity contribution in [1.82, 2.24) is 0 Å². The molecular weight excluding hydrogens is 480 g/mol. The molecule has 0 unspecified atom stereocenters. The Hall–Kier alpha value is -1.99. The van der Waals surface area contributed by atoms with Gasteiger partial charge in [0.1, 0.15) is 6.10 Å². The molecule has 6 heteroatoms. The van der Waals surface area contributed by atoms with Crippen LogP contribution in [-0.4, -0.2) is 56.9 Å². The molecular formula is C32H52O6. The van der Waals surface area contributed by atoms with E-state index >= 15 is 0 Å². The van der Waals surface area contributed by atoms with Crippen molar-refractivity contribution in [2.45, 2.75) is 97.7 Å². The van der Waals surface area contributed by atoms with Crippen molar-refractivity contribution in [3.8, 4) is 0 Å². The monoisotopic (exact) mass is 532 g/mol. The molecule has 1 rings (SSSR count). The van der Waals surface area contributed by atoms with Gasteiger partial charge in [-0.15, -0.1) is 0 Å². The van der Waals surface area contributed by atoms with Crippen LogP contribution < -0.4 is 0 Å². The summed E-state index contributed by atoms with van der Waals surface area (Å²) in [6.45, 7) is 15.5. The van der Waals surface area contributed by atoms with Crippen LogP contribution in [0.15, 0.2) is 61.3 Å². The Morgan fingerprint density at radius 1 is 0.921 bits per heavy atom. The van der Waals surface area contributed by atoms with Crippen molar-refractivity contribution in [2.75, 3.05) is 0 Å². The SMILES string of the molecule is C=C/C=C/[C@H](C)[C@@H]1OC(=O)/C=C\C=C\[C@@H](C)[C@@H](O)C[C@H](O)C=C[C@H](C)[C@H](O)[C@@H](C)C[C@@H](C)CC[C@@H](O)[C@@H]1C. The Balaban J connectivity index is 3.17. The first kappa shape index (κ1) is 34.0. The minimum atomic E-state index is -0.828. The summed E-state index contributed by atoms with van der Waals surface area (Å²) in [5.74, 6) is -0.976. The number of esters is 1. The Kier molecular flexibility index (Phi) is 15.7. The molecule has 1 aliphatic heterocycles. The quantitative estimate of drug-likeness (QED) is 0.228. The van der Waals surface area contributed by atoms with Gasteiger partial charge in [0, 0.05) is 36.2 Å². The summed E-state index contributed by atoms with van der Waals surface area (Å²) < 4.78 is 5.81. The van der Waals surface area contributed by atoms with Crippen LogP contribution in [0.4, 0.5) is 0 Å². The Morgan fingerprint density at radius 2 is 1.61 bits per heavy atom. The van der Waals surface area contributed by atoms with Crippen LogP contribution in [0.1, 0.15) is 67.2 Å². The zero-order valence-corrected chi connectivity index (χ0v) is 24.2. The topological polar surface area (TPSA) is 107 Å². The van der Waals surface area contributed by atoms with E-state index in [-0.39, 0.29) is 41.9 Å². The molecule has 0 spiro atoms. The second-order valence-electron chi connectivity index (χ2n) is 11.4. The summed E-state index contributed by atoms with van der Waals surface area (Å²) in [4.78, 5) is 12.6. The zero-order valence-electron chi connectivity index (χ0n) is 24.2. The average molecular weight is 533 g/mol. The Morgan fingerprint density at radius 3 is 2.26 bits per heavy atom. The molecule has 11 atom stereocenters. The van der Waals surface area contributed by atoms with Crippen molar-refractivity contribution < 1.29 is 30.0 Å². The van der Waals surface area contributed by atoms with Crippen molar-refractivity contribution in [3.63, 3.8) is 0 Å². The normalized spacial score (nSPS) is 39.9. The van der Waals surface area contributed by atoms with Gasteiger partial charge in [-0.05, 0) is 31.1 Å². The van der Waals surface area contributed by atoms with Crippen LogP contribution in [0.5, 0.6) is 0 Å². The molecule has 0 aliphatic carbocycles. The predicted molar refractivity (Wildman–Crippen MR) is 154 cm³/mol. The van der Waals surface area contributed by atoms with Gasteiger partial charge in [0.05, 0.1) is 24.4 Å². The van der Waals surface area contributed by atoms with Gasteiger partial charge in [0.2, 0.25) is 0 Å². The lowest BCUT2D eigenvalue weighted by atomic mass is 9.82. The number of aliphatic hydroxyl groups excluding tert-OH is 4. The van der Waals surface area contributed by atoms with Crippen molar-refractivity contribution in [3.05, 3.63) is 61.3 Å². The highest BCUT2D eigenvalue weighted by Crippen LogP contribution is 2.28. The Bertz CT molecular complexity index is 815.